The zero-order valence-electron chi connectivity index (χ0n) is 11.5. The number of aryl methyl sites for hydroxylation is 2. The molecule has 3 aromatic heterocycles. The van der Waals surface area contributed by atoms with Gasteiger partial charge in [0.2, 0.25) is 0 Å². The molecule has 0 saturated heterocycles. The van der Waals surface area contributed by atoms with E-state index in [0.29, 0.717) is 5.82 Å². The van der Waals surface area contributed by atoms with E-state index in [2.05, 4.69) is 16.2 Å². The van der Waals surface area contributed by atoms with Gasteiger partial charge in [-0.3, -0.25) is 4.98 Å². The van der Waals surface area contributed by atoms with E-state index in [-0.39, 0.29) is 0 Å². The summed E-state index contributed by atoms with van der Waals surface area (Å²) in [4.78, 5) is 6.75. The molecule has 106 valence electrons. The lowest BCUT2D eigenvalue weighted by molar-refractivity contribution is 0.437. The van der Waals surface area contributed by atoms with E-state index in [4.69, 9.17) is 10.3 Å². The summed E-state index contributed by atoms with van der Waals surface area (Å²) in [6, 6.07) is 6.11. The van der Waals surface area contributed by atoms with Gasteiger partial charge < -0.3 is 10.3 Å². The molecule has 3 aromatic rings. The molecule has 0 bridgehead atoms. The third-order valence-corrected chi connectivity index (χ3v) is 5.12. The smallest absolute Gasteiger partial charge is 0.186 e. The van der Waals surface area contributed by atoms with Gasteiger partial charge in [-0.1, -0.05) is 11.2 Å². The Kier molecular flexibility index (Phi) is 3.00. The van der Waals surface area contributed by atoms with Crippen LogP contribution >= 0.6 is 11.3 Å². The molecule has 21 heavy (non-hydrogen) atoms. The average Bonchev–Trinajstić information content (AvgIpc) is 3.11. The summed E-state index contributed by atoms with van der Waals surface area (Å²) in [7, 11) is 0. The number of pyridine rings is 1. The Labute approximate surface area is 126 Å². The second-order valence-corrected chi connectivity index (χ2v) is 6.42. The number of nitrogen functional groups attached to an aromatic ring is 1. The van der Waals surface area contributed by atoms with Crippen LogP contribution < -0.4 is 5.73 Å². The molecule has 0 atom stereocenters. The molecule has 0 saturated carbocycles. The topological polar surface area (TPSA) is 64.9 Å². The van der Waals surface area contributed by atoms with Crippen molar-refractivity contribution in [2.75, 3.05) is 5.73 Å². The molecule has 0 aliphatic heterocycles. The van der Waals surface area contributed by atoms with Crippen molar-refractivity contribution < 1.29 is 4.52 Å². The number of hydrogen-bond acceptors (Lipinski definition) is 5. The zero-order valence-corrected chi connectivity index (χ0v) is 12.3. The Bertz CT molecular complexity index is 753. The van der Waals surface area contributed by atoms with Crippen LogP contribution in [0.5, 0.6) is 0 Å². The predicted molar refractivity (Wildman–Crippen MR) is 84.1 cm³/mol. The lowest BCUT2D eigenvalue weighted by Gasteiger charge is -2.08. The molecule has 1 aliphatic rings. The highest BCUT2D eigenvalue weighted by Crippen LogP contribution is 2.42. The van der Waals surface area contributed by atoms with Crippen molar-refractivity contribution in [2.45, 2.75) is 25.7 Å². The molecule has 0 unspecified atom stereocenters. The van der Waals surface area contributed by atoms with Crippen molar-refractivity contribution in [3.8, 4) is 21.8 Å². The van der Waals surface area contributed by atoms with Crippen LogP contribution in [-0.2, 0) is 12.8 Å². The van der Waals surface area contributed by atoms with Crippen molar-refractivity contribution in [3.05, 3.63) is 41.0 Å². The van der Waals surface area contributed by atoms with Crippen LogP contribution in [0.3, 0.4) is 0 Å². The Balaban J connectivity index is 1.85. The summed E-state index contributed by atoms with van der Waals surface area (Å²) in [5.74, 6) is 1.18. The Morgan fingerprint density at radius 2 is 2.14 bits per heavy atom. The summed E-state index contributed by atoms with van der Waals surface area (Å²) >= 11 is 1.80. The zero-order chi connectivity index (χ0) is 14.2. The molecule has 1 aliphatic carbocycles. The average molecular weight is 297 g/mol. The van der Waals surface area contributed by atoms with E-state index in [1.165, 1.54) is 29.7 Å². The number of nitrogens with two attached hydrogens (primary N) is 1. The molecule has 0 spiro atoms. The quantitative estimate of drug-likeness (QED) is 0.778. The van der Waals surface area contributed by atoms with Crippen LogP contribution in [-0.4, -0.2) is 10.1 Å². The Morgan fingerprint density at radius 3 is 2.95 bits per heavy atom. The highest BCUT2D eigenvalue weighted by molar-refractivity contribution is 7.15. The molecule has 4 nitrogen and oxygen atoms in total. The van der Waals surface area contributed by atoms with Crippen molar-refractivity contribution in [2.24, 2.45) is 0 Å². The molecular weight excluding hydrogens is 282 g/mol. The van der Waals surface area contributed by atoms with Crippen LogP contribution in [0.15, 0.2) is 35.1 Å². The number of anilines is 1. The van der Waals surface area contributed by atoms with Crippen LogP contribution in [0.2, 0.25) is 0 Å². The fourth-order valence-electron chi connectivity index (χ4n) is 2.86. The van der Waals surface area contributed by atoms with E-state index >= 15 is 0 Å². The number of thiophene rings is 1. The fourth-order valence-corrected chi connectivity index (χ4v) is 4.10. The first-order valence-corrected chi connectivity index (χ1v) is 7.92. The number of nitrogens with zero attached hydrogens (tertiary/aromatic N) is 2. The normalized spacial score (nSPS) is 14.1. The second-order valence-electron chi connectivity index (χ2n) is 5.28. The Hall–Kier alpha value is -2.14. The van der Waals surface area contributed by atoms with E-state index < -0.39 is 0 Å². The van der Waals surface area contributed by atoms with E-state index in [9.17, 15) is 0 Å². The molecule has 0 radical (unpaired) electrons. The molecule has 2 N–H and O–H groups in total. The van der Waals surface area contributed by atoms with Crippen LogP contribution in [0.25, 0.3) is 21.8 Å². The number of aromatic nitrogens is 2. The van der Waals surface area contributed by atoms with Gasteiger partial charge in [0.05, 0.1) is 10.4 Å². The van der Waals surface area contributed by atoms with E-state index in [1.54, 1.807) is 23.7 Å². The van der Waals surface area contributed by atoms with Gasteiger partial charge in [-0.05, 0) is 43.4 Å². The van der Waals surface area contributed by atoms with Gasteiger partial charge in [-0.15, -0.1) is 11.3 Å². The van der Waals surface area contributed by atoms with E-state index in [0.717, 1.165) is 28.2 Å². The van der Waals surface area contributed by atoms with Gasteiger partial charge in [0.25, 0.3) is 0 Å². The lowest BCUT2D eigenvalue weighted by atomic mass is 9.98. The maximum Gasteiger partial charge on any atom is 0.186 e. The van der Waals surface area contributed by atoms with Crippen LogP contribution in [0.4, 0.5) is 5.82 Å². The van der Waals surface area contributed by atoms with Gasteiger partial charge in [-0.25, -0.2) is 0 Å². The summed E-state index contributed by atoms with van der Waals surface area (Å²) in [5.41, 5.74) is 9.25. The first-order chi connectivity index (χ1) is 10.3. The molecule has 3 heterocycles. The lowest BCUT2D eigenvalue weighted by Crippen LogP contribution is -1.96. The maximum absolute atomic E-state index is 6.00. The highest BCUT2D eigenvalue weighted by Gasteiger charge is 2.22. The Morgan fingerprint density at radius 1 is 1.24 bits per heavy atom. The highest BCUT2D eigenvalue weighted by atomic mass is 32.1. The van der Waals surface area contributed by atoms with Crippen molar-refractivity contribution >= 4 is 17.2 Å². The minimum Gasteiger partial charge on any atom is -0.380 e. The van der Waals surface area contributed by atoms with Crippen LogP contribution in [0.1, 0.15) is 23.3 Å². The first-order valence-electron chi connectivity index (χ1n) is 7.10. The van der Waals surface area contributed by atoms with E-state index in [1.807, 2.05) is 12.1 Å². The summed E-state index contributed by atoms with van der Waals surface area (Å²) < 4.78 is 5.52. The van der Waals surface area contributed by atoms with Gasteiger partial charge in [0, 0.05) is 22.8 Å². The molecule has 0 amide bonds. The summed E-state index contributed by atoms with van der Waals surface area (Å²) in [5, 5.41) is 3.96. The first kappa shape index (κ1) is 12.6. The predicted octanol–water partition coefficient (Wildman–Crippen LogP) is 3.93. The van der Waals surface area contributed by atoms with Crippen LogP contribution in [0, 0.1) is 0 Å². The summed E-state index contributed by atoms with van der Waals surface area (Å²) in [6.07, 6.45) is 8.43. The SMILES string of the molecule is Nc1noc(-c2cc3c(s2)CCCC3)c1-c1cccnc1. The van der Waals surface area contributed by atoms with Gasteiger partial charge in [-0.2, -0.15) is 0 Å². The van der Waals surface area contributed by atoms with Gasteiger partial charge >= 0.3 is 0 Å². The van der Waals surface area contributed by atoms with Gasteiger partial charge in [0.1, 0.15) is 0 Å². The largest absolute Gasteiger partial charge is 0.380 e. The number of fused-ring (bicyclic) bond motifs is 1. The molecule has 0 fully saturated rings. The monoisotopic (exact) mass is 297 g/mol. The minimum absolute atomic E-state index is 0.421. The van der Waals surface area contributed by atoms with Crippen molar-refractivity contribution in [1.82, 2.24) is 10.1 Å². The molecule has 4 rings (SSSR count). The number of hydrogen-bond donors (Lipinski definition) is 1. The standard InChI is InChI=1S/C16H15N3OS/c17-16-14(11-5-3-7-18-9-11)15(20-19-16)13-8-10-4-1-2-6-12(10)21-13/h3,5,7-9H,1-2,4,6H2,(H2,17,19). The third-order valence-electron chi connectivity index (χ3n) is 3.89. The molecule has 5 heteroatoms. The molecular formula is C16H15N3OS. The molecule has 0 aromatic carbocycles. The van der Waals surface area contributed by atoms with Gasteiger partial charge in [0.15, 0.2) is 11.6 Å². The second kappa shape index (κ2) is 5.00. The minimum atomic E-state index is 0.421. The number of rotatable bonds is 2. The summed E-state index contributed by atoms with van der Waals surface area (Å²) in [6.45, 7) is 0. The van der Waals surface area contributed by atoms with Crippen molar-refractivity contribution in [3.63, 3.8) is 0 Å². The fraction of sp³-hybridized carbons (Fsp3) is 0.250. The van der Waals surface area contributed by atoms with Crippen molar-refractivity contribution in [1.29, 1.82) is 0 Å². The maximum atomic E-state index is 6.00. The third kappa shape index (κ3) is 2.14.